The van der Waals surface area contributed by atoms with E-state index in [9.17, 15) is 4.79 Å². The monoisotopic (exact) mass is 306 g/mol. The fourth-order valence-corrected chi connectivity index (χ4v) is 1.79. The molecule has 1 amide bonds. The lowest BCUT2D eigenvalue weighted by Gasteiger charge is -2.08. The summed E-state index contributed by atoms with van der Waals surface area (Å²) in [7, 11) is 1.72. The molecule has 0 fully saturated rings. The van der Waals surface area contributed by atoms with Crippen LogP contribution in [0.2, 0.25) is 0 Å². The fraction of sp³-hybridized carbons (Fsp3) is 0.0833. The van der Waals surface area contributed by atoms with Crippen molar-refractivity contribution in [3.05, 3.63) is 46.7 Å². The summed E-state index contributed by atoms with van der Waals surface area (Å²) in [6.07, 6.45) is 3.24. The van der Waals surface area contributed by atoms with Gasteiger partial charge in [-0.05, 0) is 40.2 Å². The number of nitrogens with one attached hydrogen (secondary N) is 2. The van der Waals surface area contributed by atoms with Gasteiger partial charge in [0, 0.05) is 19.4 Å². The van der Waals surface area contributed by atoms with Gasteiger partial charge in [0.15, 0.2) is 0 Å². The molecule has 2 rings (SSSR count). The van der Waals surface area contributed by atoms with Crippen molar-refractivity contribution in [3.63, 3.8) is 0 Å². The van der Waals surface area contributed by atoms with E-state index in [0.29, 0.717) is 17.2 Å². The smallest absolute Gasteiger partial charge is 0.260 e. The molecule has 6 heteroatoms. The number of hydrogen-bond donors (Lipinski definition) is 2. The maximum absolute atomic E-state index is 12.1. The normalized spacial score (nSPS) is 9.89. The van der Waals surface area contributed by atoms with E-state index in [1.54, 1.807) is 37.6 Å². The average molecular weight is 307 g/mol. The molecule has 0 spiro atoms. The van der Waals surface area contributed by atoms with Crippen LogP contribution >= 0.6 is 15.9 Å². The van der Waals surface area contributed by atoms with Crippen LogP contribution in [0.4, 0.5) is 11.6 Å². The first-order chi connectivity index (χ1) is 8.72. The van der Waals surface area contributed by atoms with Crippen LogP contribution < -0.4 is 10.6 Å². The summed E-state index contributed by atoms with van der Waals surface area (Å²) in [5.41, 5.74) is 0.470. The van der Waals surface area contributed by atoms with Gasteiger partial charge in [0.1, 0.15) is 11.6 Å². The lowest BCUT2D eigenvalue weighted by atomic mass is 10.2. The van der Waals surface area contributed by atoms with Crippen LogP contribution in [0.1, 0.15) is 10.4 Å². The third kappa shape index (κ3) is 2.65. The molecular weight excluding hydrogens is 296 g/mol. The maximum Gasteiger partial charge on any atom is 0.260 e. The number of anilines is 2. The molecule has 0 bridgehead atoms. The van der Waals surface area contributed by atoms with E-state index in [1.165, 1.54) is 0 Å². The van der Waals surface area contributed by atoms with Crippen LogP contribution in [-0.4, -0.2) is 22.9 Å². The van der Waals surface area contributed by atoms with Crippen molar-refractivity contribution in [2.24, 2.45) is 0 Å². The second-order valence-electron chi connectivity index (χ2n) is 3.44. The summed E-state index contributed by atoms with van der Waals surface area (Å²) in [4.78, 5) is 20.3. The number of pyridine rings is 2. The summed E-state index contributed by atoms with van der Waals surface area (Å²) in [6, 6.07) is 7.00. The van der Waals surface area contributed by atoms with Crippen molar-refractivity contribution in [3.8, 4) is 0 Å². The van der Waals surface area contributed by atoms with E-state index < -0.39 is 0 Å². The van der Waals surface area contributed by atoms with Gasteiger partial charge in [-0.25, -0.2) is 9.97 Å². The van der Waals surface area contributed by atoms with E-state index >= 15 is 0 Å². The van der Waals surface area contributed by atoms with Crippen molar-refractivity contribution in [2.75, 3.05) is 17.7 Å². The van der Waals surface area contributed by atoms with Crippen molar-refractivity contribution >= 4 is 33.5 Å². The van der Waals surface area contributed by atoms with Gasteiger partial charge in [-0.2, -0.15) is 0 Å². The highest BCUT2D eigenvalue weighted by Gasteiger charge is 2.13. The van der Waals surface area contributed by atoms with Crippen LogP contribution in [0.15, 0.2) is 41.1 Å². The molecule has 0 radical (unpaired) electrons. The van der Waals surface area contributed by atoms with Gasteiger partial charge < -0.3 is 10.6 Å². The first kappa shape index (κ1) is 12.5. The molecule has 5 nitrogen and oxygen atoms in total. The molecule has 0 atom stereocenters. The highest BCUT2D eigenvalue weighted by Crippen LogP contribution is 2.20. The van der Waals surface area contributed by atoms with Crippen molar-refractivity contribution in [1.29, 1.82) is 0 Å². The predicted octanol–water partition coefficient (Wildman–Crippen LogP) is 2.53. The Labute approximate surface area is 113 Å². The van der Waals surface area contributed by atoms with Gasteiger partial charge in [-0.15, -0.1) is 0 Å². The summed E-state index contributed by atoms with van der Waals surface area (Å²) >= 11 is 3.32. The molecule has 2 aromatic rings. The number of halogens is 1. The number of hydrogen-bond acceptors (Lipinski definition) is 4. The quantitative estimate of drug-likeness (QED) is 0.914. The molecule has 0 saturated carbocycles. The largest absolute Gasteiger partial charge is 0.372 e. The molecule has 92 valence electrons. The molecule has 2 aromatic heterocycles. The van der Waals surface area contributed by atoms with E-state index in [2.05, 4.69) is 36.5 Å². The standard InChI is InChI=1S/C12H11BrN4O/c1-14-10-8(4-2-6-15-10)12(18)17-11-9(13)5-3-7-16-11/h2-7H,1H3,(H,14,15)(H,16,17,18). The molecule has 0 unspecified atom stereocenters. The molecule has 0 aliphatic carbocycles. The summed E-state index contributed by atoms with van der Waals surface area (Å²) < 4.78 is 0.730. The van der Waals surface area contributed by atoms with E-state index in [-0.39, 0.29) is 5.91 Å². The Balaban J connectivity index is 2.25. The molecule has 0 aliphatic heterocycles. The van der Waals surface area contributed by atoms with E-state index in [1.807, 2.05) is 6.07 Å². The van der Waals surface area contributed by atoms with Crippen LogP contribution in [0.3, 0.4) is 0 Å². The molecular formula is C12H11BrN4O. The Morgan fingerprint density at radius 2 is 1.83 bits per heavy atom. The number of nitrogens with zero attached hydrogens (tertiary/aromatic N) is 2. The summed E-state index contributed by atoms with van der Waals surface area (Å²) in [6.45, 7) is 0. The highest BCUT2D eigenvalue weighted by atomic mass is 79.9. The Morgan fingerprint density at radius 1 is 1.17 bits per heavy atom. The molecule has 18 heavy (non-hydrogen) atoms. The zero-order chi connectivity index (χ0) is 13.0. The minimum absolute atomic E-state index is 0.258. The number of amides is 1. The summed E-state index contributed by atoms with van der Waals surface area (Å²) in [5, 5.41) is 5.60. The lowest BCUT2D eigenvalue weighted by Crippen LogP contribution is -2.15. The SMILES string of the molecule is CNc1ncccc1C(=O)Nc1ncccc1Br. The van der Waals surface area contributed by atoms with Crippen LogP contribution in [0.5, 0.6) is 0 Å². The third-order valence-electron chi connectivity index (χ3n) is 2.28. The molecule has 0 aliphatic rings. The number of aromatic nitrogens is 2. The maximum atomic E-state index is 12.1. The molecule has 0 aromatic carbocycles. The molecule has 2 heterocycles. The predicted molar refractivity (Wildman–Crippen MR) is 73.7 cm³/mol. The first-order valence-electron chi connectivity index (χ1n) is 5.27. The highest BCUT2D eigenvalue weighted by molar-refractivity contribution is 9.10. The Morgan fingerprint density at radius 3 is 2.50 bits per heavy atom. The van der Waals surface area contributed by atoms with Crippen LogP contribution in [-0.2, 0) is 0 Å². The van der Waals surface area contributed by atoms with Gasteiger partial charge in [-0.1, -0.05) is 0 Å². The zero-order valence-corrected chi connectivity index (χ0v) is 11.2. The average Bonchev–Trinajstić information content (AvgIpc) is 2.41. The Kier molecular flexibility index (Phi) is 3.88. The fourth-order valence-electron chi connectivity index (χ4n) is 1.44. The number of rotatable bonds is 3. The van der Waals surface area contributed by atoms with Gasteiger partial charge in [0.05, 0.1) is 10.0 Å². The third-order valence-corrected chi connectivity index (χ3v) is 2.92. The van der Waals surface area contributed by atoms with E-state index in [4.69, 9.17) is 0 Å². The minimum Gasteiger partial charge on any atom is -0.372 e. The van der Waals surface area contributed by atoms with E-state index in [0.717, 1.165) is 4.47 Å². The minimum atomic E-state index is -0.258. The van der Waals surface area contributed by atoms with Crippen molar-refractivity contribution < 1.29 is 4.79 Å². The van der Waals surface area contributed by atoms with Gasteiger partial charge >= 0.3 is 0 Å². The second-order valence-corrected chi connectivity index (χ2v) is 4.29. The van der Waals surface area contributed by atoms with Gasteiger partial charge in [0.25, 0.3) is 5.91 Å². The topological polar surface area (TPSA) is 66.9 Å². The van der Waals surface area contributed by atoms with Crippen molar-refractivity contribution in [1.82, 2.24) is 9.97 Å². The van der Waals surface area contributed by atoms with Crippen LogP contribution in [0, 0.1) is 0 Å². The number of carbonyl (C=O) groups excluding carboxylic acids is 1. The Hall–Kier alpha value is -1.95. The summed E-state index contributed by atoms with van der Waals surface area (Å²) in [5.74, 6) is 0.752. The van der Waals surface area contributed by atoms with Crippen molar-refractivity contribution in [2.45, 2.75) is 0 Å². The van der Waals surface area contributed by atoms with Crippen LogP contribution in [0.25, 0.3) is 0 Å². The van der Waals surface area contributed by atoms with Gasteiger partial charge in [0.2, 0.25) is 0 Å². The lowest BCUT2D eigenvalue weighted by molar-refractivity contribution is 0.102. The number of carbonyl (C=O) groups is 1. The Bertz CT molecular complexity index is 574. The molecule has 2 N–H and O–H groups in total. The van der Waals surface area contributed by atoms with Gasteiger partial charge in [-0.3, -0.25) is 4.79 Å². The second kappa shape index (κ2) is 5.59. The molecule has 0 saturated heterocycles. The zero-order valence-electron chi connectivity index (χ0n) is 9.64. The first-order valence-corrected chi connectivity index (χ1v) is 6.06.